The van der Waals surface area contributed by atoms with Crippen molar-refractivity contribution in [2.75, 3.05) is 6.61 Å². The van der Waals surface area contributed by atoms with Crippen molar-refractivity contribution in [2.45, 2.75) is 0 Å². The number of hydrogen-bond donors (Lipinski definition) is 2. The van der Waals surface area contributed by atoms with Crippen molar-refractivity contribution < 1.29 is 10.2 Å². The van der Waals surface area contributed by atoms with Gasteiger partial charge in [0, 0.05) is 0 Å². The fourth-order valence-corrected chi connectivity index (χ4v) is 0.940. The van der Waals surface area contributed by atoms with Crippen molar-refractivity contribution in [1.29, 1.82) is 0 Å². The Labute approximate surface area is 75.7 Å². The zero-order valence-corrected chi connectivity index (χ0v) is 7.12. The number of hydrogen-bond acceptors (Lipinski definition) is 2. The summed E-state index contributed by atoms with van der Waals surface area (Å²) in [5.41, 5.74) is 0.811. The van der Waals surface area contributed by atoms with E-state index in [2.05, 4.69) is 0 Å². The van der Waals surface area contributed by atoms with Gasteiger partial charge in [0.1, 0.15) is 5.75 Å². The summed E-state index contributed by atoms with van der Waals surface area (Å²) in [5.74, 6) is 0.0526. The maximum absolute atomic E-state index is 9.17. The van der Waals surface area contributed by atoms with Crippen molar-refractivity contribution in [3.05, 3.63) is 34.9 Å². The van der Waals surface area contributed by atoms with Gasteiger partial charge in [0.15, 0.2) is 0 Å². The molecule has 2 N–H and O–H groups in total. The van der Waals surface area contributed by atoms with Crippen LogP contribution in [-0.4, -0.2) is 16.8 Å². The first kappa shape index (κ1) is 9.10. The molecule has 1 rings (SSSR count). The van der Waals surface area contributed by atoms with E-state index < -0.39 is 0 Å². The monoisotopic (exact) mass is 184 g/mol. The number of phenols is 1. The predicted molar refractivity (Wildman–Crippen MR) is 49.2 cm³/mol. The molecule has 1 aromatic carbocycles. The van der Waals surface area contributed by atoms with E-state index in [-0.39, 0.29) is 12.4 Å². The molecule has 0 spiro atoms. The van der Waals surface area contributed by atoms with E-state index in [1.807, 2.05) is 0 Å². The zero-order valence-electron chi connectivity index (χ0n) is 6.37. The summed E-state index contributed by atoms with van der Waals surface area (Å²) in [4.78, 5) is 0. The molecule has 12 heavy (non-hydrogen) atoms. The molecule has 0 heterocycles. The Morgan fingerprint density at radius 3 is 2.75 bits per heavy atom. The van der Waals surface area contributed by atoms with Gasteiger partial charge < -0.3 is 10.2 Å². The first-order valence-electron chi connectivity index (χ1n) is 3.50. The molecule has 3 heteroatoms. The number of aliphatic hydroxyl groups is 1. The first-order chi connectivity index (χ1) is 5.74. The standard InChI is InChI=1S/C9H9ClO2/c10-8-4-3-7(2-1-5-11)6-9(8)12/h1-4,6,11-12H,5H2/b2-1+. The number of phenolic OH excluding ortho intramolecular Hbond substituents is 1. The molecular weight excluding hydrogens is 176 g/mol. The number of rotatable bonds is 2. The minimum atomic E-state index is -0.0105. The molecule has 0 aliphatic rings. The van der Waals surface area contributed by atoms with E-state index in [4.69, 9.17) is 16.7 Å². The predicted octanol–water partition coefficient (Wildman–Crippen LogP) is 2.05. The molecule has 0 saturated carbocycles. The molecule has 0 saturated heterocycles. The maximum Gasteiger partial charge on any atom is 0.134 e. The Kier molecular flexibility index (Phi) is 3.14. The lowest BCUT2D eigenvalue weighted by molar-refractivity contribution is 0.343. The van der Waals surface area contributed by atoms with Gasteiger partial charge in [0.25, 0.3) is 0 Å². The van der Waals surface area contributed by atoms with Crippen molar-refractivity contribution >= 4 is 17.7 Å². The zero-order chi connectivity index (χ0) is 8.97. The van der Waals surface area contributed by atoms with Crippen LogP contribution in [0.3, 0.4) is 0 Å². The third kappa shape index (κ3) is 2.26. The maximum atomic E-state index is 9.17. The number of benzene rings is 1. The summed E-state index contributed by atoms with van der Waals surface area (Å²) >= 11 is 5.59. The Balaban J connectivity index is 2.89. The minimum Gasteiger partial charge on any atom is -0.506 e. The van der Waals surface area contributed by atoms with E-state index in [1.54, 1.807) is 24.3 Å². The van der Waals surface area contributed by atoms with Crippen LogP contribution in [0.25, 0.3) is 6.08 Å². The molecule has 0 aliphatic carbocycles. The molecule has 0 unspecified atom stereocenters. The smallest absolute Gasteiger partial charge is 0.134 e. The van der Waals surface area contributed by atoms with Crippen molar-refractivity contribution in [3.8, 4) is 5.75 Å². The van der Waals surface area contributed by atoms with E-state index in [0.29, 0.717) is 5.02 Å². The van der Waals surface area contributed by atoms with Gasteiger partial charge >= 0.3 is 0 Å². The highest BCUT2D eigenvalue weighted by molar-refractivity contribution is 6.32. The second kappa shape index (κ2) is 4.14. The minimum absolute atomic E-state index is 0.0105. The second-order valence-electron chi connectivity index (χ2n) is 2.30. The van der Waals surface area contributed by atoms with Crippen LogP contribution in [0.5, 0.6) is 5.75 Å². The van der Waals surface area contributed by atoms with E-state index >= 15 is 0 Å². The average molecular weight is 185 g/mol. The van der Waals surface area contributed by atoms with Gasteiger partial charge in [-0.25, -0.2) is 0 Å². The van der Waals surface area contributed by atoms with E-state index in [1.165, 1.54) is 6.07 Å². The van der Waals surface area contributed by atoms with Gasteiger partial charge in [-0.1, -0.05) is 29.8 Å². The lowest BCUT2D eigenvalue weighted by Crippen LogP contribution is -1.75. The van der Waals surface area contributed by atoms with E-state index in [0.717, 1.165) is 5.56 Å². The van der Waals surface area contributed by atoms with Crippen molar-refractivity contribution in [1.82, 2.24) is 0 Å². The second-order valence-corrected chi connectivity index (χ2v) is 2.70. The first-order valence-corrected chi connectivity index (χ1v) is 3.88. The van der Waals surface area contributed by atoms with Crippen LogP contribution in [0.4, 0.5) is 0 Å². The Morgan fingerprint density at radius 1 is 1.42 bits per heavy atom. The molecule has 0 aliphatic heterocycles. The molecule has 64 valence electrons. The van der Waals surface area contributed by atoms with Gasteiger partial charge in [0.05, 0.1) is 11.6 Å². The van der Waals surface area contributed by atoms with Crippen LogP contribution >= 0.6 is 11.6 Å². The molecular formula is C9H9ClO2. The molecule has 2 nitrogen and oxygen atoms in total. The van der Waals surface area contributed by atoms with Crippen LogP contribution in [0.15, 0.2) is 24.3 Å². The van der Waals surface area contributed by atoms with Crippen LogP contribution in [0, 0.1) is 0 Å². The highest BCUT2D eigenvalue weighted by atomic mass is 35.5. The number of aromatic hydroxyl groups is 1. The molecule has 0 aromatic heterocycles. The average Bonchev–Trinajstić information content (AvgIpc) is 2.07. The molecule has 0 radical (unpaired) electrons. The number of aliphatic hydroxyl groups excluding tert-OH is 1. The van der Waals surface area contributed by atoms with Gasteiger partial charge in [0.2, 0.25) is 0 Å². The van der Waals surface area contributed by atoms with Gasteiger partial charge in [-0.3, -0.25) is 0 Å². The largest absolute Gasteiger partial charge is 0.506 e. The lowest BCUT2D eigenvalue weighted by atomic mass is 10.2. The highest BCUT2D eigenvalue weighted by Gasteiger charge is 1.96. The summed E-state index contributed by atoms with van der Waals surface area (Å²) in [7, 11) is 0. The molecule has 0 fully saturated rings. The fourth-order valence-electron chi connectivity index (χ4n) is 0.822. The Morgan fingerprint density at radius 2 is 2.17 bits per heavy atom. The van der Waals surface area contributed by atoms with Crippen molar-refractivity contribution in [2.24, 2.45) is 0 Å². The molecule has 0 atom stereocenters. The quantitative estimate of drug-likeness (QED) is 0.739. The Hall–Kier alpha value is -0.990. The highest BCUT2D eigenvalue weighted by Crippen LogP contribution is 2.23. The lowest BCUT2D eigenvalue weighted by Gasteiger charge is -1.97. The summed E-state index contributed by atoms with van der Waals surface area (Å²) in [5, 5.41) is 18.0. The normalized spacial score (nSPS) is 10.8. The molecule has 1 aromatic rings. The third-order valence-corrected chi connectivity index (χ3v) is 1.71. The molecule has 0 amide bonds. The van der Waals surface area contributed by atoms with Crippen LogP contribution in [-0.2, 0) is 0 Å². The number of halogens is 1. The third-order valence-electron chi connectivity index (χ3n) is 1.39. The molecule has 0 bridgehead atoms. The summed E-state index contributed by atoms with van der Waals surface area (Å²) in [6.07, 6.45) is 3.29. The topological polar surface area (TPSA) is 40.5 Å². The van der Waals surface area contributed by atoms with Crippen LogP contribution in [0.1, 0.15) is 5.56 Å². The van der Waals surface area contributed by atoms with Crippen molar-refractivity contribution in [3.63, 3.8) is 0 Å². The van der Waals surface area contributed by atoms with E-state index in [9.17, 15) is 5.11 Å². The Bertz CT molecular complexity index is 295. The van der Waals surface area contributed by atoms with Gasteiger partial charge in [-0.15, -0.1) is 0 Å². The van der Waals surface area contributed by atoms with Gasteiger partial charge in [-0.05, 0) is 17.7 Å². The fraction of sp³-hybridized carbons (Fsp3) is 0.111. The van der Waals surface area contributed by atoms with Gasteiger partial charge in [-0.2, -0.15) is 0 Å². The summed E-state index contributed by atoms with van der Waals surface area (Å²) in [6.45, 7) is -0.0105. The SMILES string of the molecule is OC/C=C/c1ccc(Cl)c(O)c1. The van der Waals surface area contributed by atoms with Crippen LogP contribution in [0.2, 0.25) is 5.02 Å². The summed E-state index contributed by atoms with van der Waals surface area (Å²) < 4.78 is 0. The van der Waals surface area contributed by atoms with Crippen LogP contribution < -0.4 is 0 Å². The summed E-state index contributed by atoms with van der Waals surface area (Å²) in [6, 6.07) is 4.90.